The monoisotopic (exact) mass is 266 g/mol. The second-order valence-electron chi connectivity index (χ2n) is 4.87. The maximum absolute atomic E-state index is 12.3. The molecule has 0 unspecified atom stereocenters. The number of carbonyl (C=O) groups excluding carboxylic acids is 2. The minimum atomic E-state index is -0.0627. The van der Waals surface area contributed by atoms with Gasteiger partial charge in [-0.3, -0.25) is 9.59 Å². The minimum Gasteiger partial charge on any atom is -0.289 e. The molecule has 2 rings (SSSR count). The standard InChI is InChI=1S/C18H18O2/c1-2-3-4-5-6-7-10-14-13-17(19)15-11-8-9-12-16(15)18(14)20/h8-9,11-13H,2-3,6-7,10H2,1H3. The van der Waals surface area contributed by atoms with E-state index in [1.165, 1.54) is 6.08 Å². The summed E-state index contributed by atoms with van der Waals surface area (Å²) in [5.74, 6) is 6.11. The molecular formula is C18H18O2. The normalized spacial score (nSPS) is 13.3. The van der Waals surface area contributed by atoms with Crippen LogP contribution in [0.2, 0.25) is 0 Å². The van der Waals surface area contributed by atoms with Crippen molar-refractivity contribution >= 4 is 11.6 Å². The molecule has 2 heteroatoms. The number of carbonyl (C=O) groups is 2. The van der Waals surface area contributed by atoms with Gasteiger partial charge in [-0.1, -0.05) is 31.2 Å². The number of unbranched alkanes of at least 4 members (excludes halogenated alkanes) is 2. The van der Waals surface area contributed by atoms with E-state index in [0.29, 0.717) is 23.1 Å². The smallest absolute Gasteiger partial charge is 0.189 e. The maximum atomic E-state index is 12.3. The van der Waals surface area contributed by atoms with Crippen LogP contribution in [-0.4, -0.2) is 11.6 Å². The molecule has 0 aliphatic heterocycles. The van der Waals surface area contributed by atoms with Gasteiger partial charge in [0.1, 0.15) is 0 Å². The van der Waals surface area contributed by atoms with Crippen LogP contribution in [0, 0.1) is 11.8 Å². The van der Waals surface area contributed by atoms with Crippen molar-refractivity contribution in [3.8, 4) is 11.8 Å². The second-order valence-corrected chi connectivity index (χ2v) is 4.87. The number of fused-ring (bicyclic) bond motifs is 1. The first-order valence-electron chi connectivity index (χ1n) is 7.08. The Morgan fingerprint density at radius 2 is 1.70 bits per heavy atom. The zero-order chi connectivity index (χ0) is 14.4. The Balaban J connectivity index is 1.99. The largest absolute Gasteiger partial charge is 0.289 e. The zero-order valence-corrected chi connectivity index (χ0v) is 11.7. The van der Waals surface area contributed by atoms with Gasteiger partial charge in [-0.25, -0.2) is 0 Å². The lowest BCUT2D eigenvalue weighted by Crippen LogP contribution is -2.16. The van der Waals surface area contributed by atoms with Gasteiger partial charge >= 0.3 is 0 Å². The summed E-state index contributed by atoms with van der Waals surface area (Å²) in [6.07, 6.45) is 5.71. The summed E-state index contributed by atoms with van der Waals surface area (Å²) in [4.78, 5) is 24.2. The molecule has 0 amide bonds. The first-order chi connectivity index (χ1) is 9.74. The fourth-order valence-electron chi connectivity index (χ4n) is 2.23. The molecule has 0 radical (unpaired) electrons. The lowest BCUT2D eigenvalue weighted by atomic mass is 9.87. The van der Waals surface area contributed by atoms with E-state index >= 15 is 0 Å². The lowest BCUT2D eigenvalue weighted by Gasteiger charge is -2.14. The van der Waals surface area contributed by atoms with Crippen LogP contribution in [0.15, 0.2) is 35.9 Å². The third-order valence-corrected chi connectivity index (χ3v) is 3.28. The molecular weight excluding hydrogens is 248 g/mol. The Morgan fingerprint density at radius 3 is 2.45 bits per heavy atom. The zero-order valence-electron chi connectivity index (χ0n) is 11.7. The molecule has 0 spiro atoms. The van der Waals surface area contributed by atoms with Crippen molar-refractivity contribution in [3.63, 3.8) is 0 Å². The van der Waals surface area contributed by atoms with Crippen LogP contribution < -0.4 is 0 Å². The van der Waals surface area contributed by atoms with Gasteiger partial charge in [0.15, 0.2) is 11.6 Å². The summed E-state index contributed by atoms with van der Waals surface area (Å²) >= 11 is 0. The fraction of sp³-hybridized carbons (Fsp3) is 0.333. The number of hydrogen-bond donors (Lipinski definition) is 0. The number of benzene rings is 1. The molecule has 1 aromatic rings. The molecule has 0 saturated carbocycles. The Bertz CT molecular complexity index is 612. The van der Waals surface area contributed by atoms with Crippen molar-refractivity contribution < 1.29 is 9.59 Å². The first-order valence-corrected chi connectivity index (χ1v) is 7.08. The summed E-state index contributed by atoms with van der Waals surface area (Å²) in [5.41, 5.74) is 1.67. The molecule has 0 aromatic heterocycles. The van der Waals surface area contributed by atoms with Crippen molar-refractivity contribution in [1.82, 2.24) is 0 Å². The van der Waals surface area contributed by atoms with Crippen LogP contribution in [0.5, 0.6) is 0 Å². The van der Waals surface area contributed by atoms with Crippen molar-refractivity contribution in [3.05, 3.63) is 47.0 Å². The highest BCUT2D eigenvalue weighted by Gasteiger charge is 2.24. The van der Waals surface area contributed by atoms with E-state index in [2.05, 4.69) is 18.8 Å². The summed E-state index contributed by atoms with van der Waals surface area (Å²) in [5, 5.41) is 0. The Morgan fingerprint density at radius 1 is 1.00 bits per heavy atom. The van der Waals surface area contributed by atoms with E-state index in [1.807, 2.05) is 0 Å². The summed E-state index contributed by atoms with van der Waals surface area (Å²) in [6.45, 7) is 2.10. The molecule has 0 heterocycles. The fourth-order valence-corrected chi connectivity index (χ4v) is 2.23. The summed E-state index contributed by atoms with van der Waals surface area (Å²) in [7, 11) is 0. The van der Waals surface area contributed by atoms with Crippen molar-refractivity contribution in [2.24, 2.45) is 0 Å². The van der Waals surface area contributed by atoms with Crippen LogP contribution in [0.25, 0.3) is 0 Å². The van der Waals surface area contributed by atoms with E-state index in [-0.39, 0.29) is 11.6 Å². The molecule has 0 N–H and O–H groups in total. The van der Waals surface area contributed by atoms with E-state index < -0.39 is 0 Å². The third kappa shape index (κ3) is 3.24. The third-order valence-electron chi connectivity index (χ3n) is 3.28. The number of Topliss-reactive ketones (excluding diaryl/α,β-unsaturated/α-hetero) is 1. The van der Waals surface area contributed by atoms with Crippen LogP contribution >= 0.6 is 0 Å². The van der Waals surface area contributed by atoms with Crippen LogP contribution in [0.3, 0.4) is 0 Å². The van der Waals surface area contributed by atoms with Gasteiger partial charge in [0.25, 0.3) is 0 Å². The lowest BCUT2D eigenvalue weighted by molar-refractivity contribution is 0.0981. The minimum absolute atomic E-state index is 0.0123. The van der Waals surface area contributed by atoms with E-state index in [4.69, 9.17) is 0 Å². The van der Waals surface area contributed by atoms with Crippen molar-refractivity contribution in [2.75, 3.05) is 0 Å². The Labute approximate surface area is 119 Å². The first kappa shape index (κ1) is 14.3. The molecule has 0 bridgehead atoms. The number of rotatable bonds is 4. The molecule has 1 aliphatic rings. The molecule has 2 nitrogen and oxygen atoms in total. The number of allylic oxidation sites excluding steroid dienone is 2. The van der Waals surface area contributed by atoms with Crippen LogP contribution in [-0.2, 0) is 0 Å². The van der Waals surface area contributed by atoms with Gasteiger partial charge in [-0.2, -0.15) is 0 Å². The van der Waals surface area contributed by atoms with Crippen LogP contribution in [0.1, 0.15) is 59.7 Å². The van der Waals surface area contributed by atoms with Gasteiger partial charge in [0, 0.05) is 29.5 Å². The molecule has 102 valence electrons. The van der Waals surface area contributed by atoms with Crippen molar-refractivity contribution in [2.45, 2.75) is 39.0 Å². The highest BCUT2D eigenvalue weighted by molar-refractivity contribution is 6.24. The molecule has 1 aliphatic carbocycles. The van der Waals surface area contributed by atoms with Gasteiger partial charge in [0.05, 0.1) is 0 Å². The Kier molecular flexibility index (Phi) is 4.90. The van der Waals surface area contributed by atoms with Gasteiger partial charge in [0.2, 0.25) is 0 Å². The highest BCUT2D eigenvalue weighted by Crippen LogP contribution is 2.23. The highest BCUT2D eigenvalue weighted by atomic mass is 16.1. The maximum Gasteiger partial charge on any atom is 0.189 e. The predicted octanol–water partition coefficient (Wildman–Crippen LogP) is 3.97. The quantitative estimate of drug-likeness (QED) is 0.610. The van der Waals surface area contributed by atoms with Gasteiger partial charge in [-0.15, -0.1) is 11.8 Å². The van der Waals surface area contributed by atoms with Crippen LogP contribution in [0.4, 0.5) is 0 Å². The number of ketones is 2. The average molecular weight is 266 g/mol. The topological polar surface area (TPSA) is 34.1 Å². The SMILES string of the molecule is CCCC#CCCCC1=CC(=O)c2ccccc2C1=O. The van der Waals surface area contributed by atoms with E-state index in [1.54, 1.807) is 24.3 Å². The predicted molar refractivity (Wildman–Crippen MR) is 79.7 cm³/mol. The molecule has 20 heavy (non-hydrogen) atoms. The molecule has 0 saturated heterocycles. The molecule has 0 fully saturated rings. The molecule has 1 aromatic carbocycles. The molecule has 0 atom stereocenters. The van der Waals surface area contributed by atoms with E-state index in [0.717, 1.165) is 25.7 Å². The number of hydrogen-bond acceptors (Lipinski definition) is 2. The van der Waals surface area contributed by atoms with Gasteiger partial charge < -0.3 is 0 Å². The second kappa shape index (κ2) is 6.86. The van der Waals surface area contributed by atoms with Crippen molar-refractivity contribution in [1.29, 1.82) is 0 Å². The summed E-state index contributed by atoms with van der Waals surface area (Å²) in [6, 6.07) is 7.01. The summed E-state index contributed by atoms with van der Waals surface area (Å²) < 4.78 is 0. The van der Waals surface area contributed by atoms with Gasteiger partial charge in [-0.05, 0) is 25.3 Å². The van der Waals surface area contributed by atoms with E-state index in [9.17, 15) is 9.59 Å². The average Bonchev–Trinajstić information content (AvgIpc) is 2.47. The Hall–Kier alpha value is -2.14.